The molecule has 30 heavy (non-hydrogen) atoms. The third kappa shape index (κ3) is 4.58. The van der Waals surface area contributed by atoms with Gasteiger partial charge in [-0.2, -0.15) is 8.78 Å². The average Bonchev–Trinajstić information content (AvgIpc) is 3.02. The van der Waals surface area contributed by atoms with E-state index in [-0.39, 0.29) is 15.6 Å². The van der Waals surface area contributed by atoms with Crippen molar-refractivity contribution in [2.75, 3.05) is 11.9 Å². The molecule has 158 valence electrons. The number of carbonyl (C=O) groups excluding carboxylic acids is 2. The third-order valence-electron chi connectivity index (χ3n) is 3.81. The van der Waals surface area contributed by atoms with Crippen LogP contribution in [0.5, 0.6) is 0 Å². The highest BCUT2D eigenvalue weighted by atomic mass is 35.5. The molecule has 0 radical (unpaired) electrons. The topological polar surface area (TPSA) is 89.5 Å². The van der Waals surface area contributed by atoms with Crippen LogP contribution in [0, 0.1) is 5.82 Å². The number of thiophene rings is 1. The molecule has 0 spiro atoms. The monoisotopic (exact) mass is 477 g/mol. The van der Waals surface area contributed by atoms with E-state index in [1.54, 1.807) is 0 Å². The van der Waals surface area contributed by atoms with Gasteiger partial charge in [0.05, 0.1) is 9.92 Å². The summed E-state index contributed by atoms with van der Waals surface area (Å²) < 4.78 is 66.4. The Balaban J connectivity index is 1.62. The number of ether oxygens (including phenoxy) is 1. The first-order valence-corrected chi connectivity index (χ1v) is 10.8. The van der Waals surface area contributed by atoms with E-state index in [1.165, 1.54) is 18.2 Å². The standard InChI is InChI=1S/C18H11ClF3NO5S2/c19-15-12-6-1-9(20)7-13(12)29-16(15)17(25)28-8-14(24)23-10-2-4-11(5-3-10)30(26,27)18(21)22/h1-7,18H,8H2,(H,23,24). The minimum absolute atomic E-state index is 0.00613. The highest BCUT2D eigenvalue weighted by Gasteiger charge is 2.26. The second kappa shape index (κ2) is 8.62. The van der Waals surface area contributed by atoms with E-state index in [9.17, 15) is 31.2 Å². The Kier molecular flexibility index (Phi) is 6.34. The Bertz CT molecular complexity index is 1230. The van der Waals surface area contributed by atoms with Crippen LogP contribution < -0.4 is 5.32 Å². The Morgan fingerprint density at radius 1 is 1.13 bits per heavy atom. The molecule has 0 aliphatic carbocycles. The van der Waals surface area contributed by atoms with Crippen molar-refractivity contribution in [3.8, 4) is 0 Å². The summed E-state index contributed by atoms with van der Waals surface area (Å²) in [7, 11) is -4.74. The van der Waals surface area contributed by atoms with Crippen LogP contribution in [0.2, 0.25) is 5.02 Å². The normalized spacial score (nSPS) is 11.6. The van der Waals surface area contributed by atoms with Crippen molar-refractivity contribution in [2.45, 2.75) is 10.7 Å². The van der Waals surface area contributed by atoms with Gasteiger partial charge in [-0.25, -0.2) is 17.6 Å². The number of alkyl halides is 2. The van der Waals surface area contributed by atoms with Gasteiger partial charge in [0.2, 0.25) is 9.84 Å². The van der Waals surface area contributed by atoms with E-state index < -0.39 is 44.8 Å². The van der Waals surface area contributed by atoms with E-state index in [1.807, 2.05) is 0 Å². The number of hydrogen-bond acceptors (Lipinski definition) is 6. The van der Waals surface area contributed by atoms with Crippen molar-refractivity contribution < 1.29 is 35.9 Å². The first-order chi connectivity index (χ1) is 14.1. The fraction of sp³-hybridized carbons (Fsp3) is 0.111. The molecule has 0 atom stereocenters. The lowest BCUT2D eigenvalue weighted by atomic mass is 10.2. The van der Waals surface area contributed by atoms with Crippen molar-refractivity contribution in [3.63, 3.8) is 0 Å². The molecule has 0 saturated heterocycles. The summed E-state index contributed by atoms with van der Waals surface area (Å²) in [6.45, 7) is -0.686. The number of fused-ring (bicyclic) bond motifs is 1. The van der Waals surface area contributed by atoms with E-state index in [0.717, 1.165) is 35.6 Å². The van der Waals surface area contributed by atoms with Crippen LogP contribution in [-0.4, -0.2) is 32.7 Å². The van der Waals surface area contributed by atoms with Crippen LogP contribution >= 0.6 is 22.9 Å². The number of amides is 1. The zero-order valence-corrected chi connectivity index (χ0v) is 17.1. The van der Waals surface area contributed by atoms with Crippen molar-refractivity contribution in [1.29, 1.82) is 0 Å². The van der Waals surface area contributed by atoms with Crippen LogP contribution in [-0.2, 0) is 19.4 Å². The van der Waals surface area contributed by atoms with E-state index >= 15 is 0 Å². The smallest absolute Gasteiger partial charge is 0.350 e. The number of carbonyl (C=O) groups is 2. The number of benzene rings is 2. The van der Waals surface area contributed by atoms with E-state index in [0.29, 0.717) is 10.1 Å². The van der Waals surface area contributed by atoms with Gasteiger partial charge in [0.15, 0.2) is 6.61 Å². The van der Waals surface area contributed by atoms with Gasteiger partial charge in [-0.15, -0.1) is 11.3 Å². The van der Waals surface area contributed by atoms with Gasteiger partial charge in [0, 0.05) is 15.8 Å². The number of hydrogen-bond donors (Lipinski definition) is 1. The van der Waals surface area contributed by atoms with E-state index in [4.69, 9.17) is 16.3 Å². The Morgan fingerprint density at radius 3 is 2.43 bits per heavy atom. The van der Waals surface area contributed by atoms with Crippen LogP contribution in [0.25, 0.3) is 10.1 Å². The zero-order valence-electron chi connectivity index (χ0n) is 14.7. The first kappa shape index (κ1) is 22.1. The summed E-state index contributed by atoms with van der Waals surface area (Å²) in [5, 5.41) is 2.88. The molecule has 0 fully saturated rings. The number of esters is 1. The summed E-state index contributed by atoms with van der Waals surface area (Å²) in [5.41, 5.74) is 0.111. The fourth-order valence-corrected chi connectivity index (χ4v) is 4.54. The number of nitrogens with one attached hydrogen (secondary N) is 1. The van der Waals surface area contributed by atoms with Crippen LogP contribution in [0.4, 0.5) is 18.9 Å². The molecule has 0 saturated carbocycles. The third-order valence-corrected chi connectivity index (χ3v) is 6.85. The SMILES string of the molecule is O=C(COC(=O)c1sc2cc(F)ccc2c1Cl)Nc1ccc(S(=O)(=O)C(F)F)cc1. The molecule has 2 aromatic carbocycles. The molecule has 0 aliphatic rings. The second-order valence-corrected chi connectivity index (χ2v) is 9.19. The highest BCUT2D eigenvalue weighted by molar-refractivity contribution is 7.91. The zero-order chi connectivity index (χ0) is 22.1. The molecule has 0 unspecified atom stereocenters. The van der Waals surface area contributed by atoms with Crippen molar-refractivity contribution in [2.24, 2.45) is 0 Å². The van der Waals surface area contributed by atoms with Gasteiger partial charge in [0.25, 0.3) is 5.91 Å². The van der Waals surface area contributed by atoms with Gasteiger partial charge >= 0.3 is 11.7 Å². The van der Waals surface area contributed by atoms with Crippen molar-refractivity contribution in [1.82, 2.24) is 0 Å². The number of anilines is 1. The highest BCUT2D eigenvalue weighted by Crippen LogP contribution is 2.36. The van der Waals surface area contributed by atoms with Crippen molar-refractivity contribution >= 4 is 60.4 Å². The molecule has 12 heteroatoms. The molecule has 3 aromatic rings. The Morgan fingerprint density at radius 2 is 1.80 bits per heavy atom. The number of sulfone groups is 1. The maximum atomic E-state index is 13.3. The molecule has 1 aromatic heterocycles. The van der Waals surface area contributed by atoms with Gasteiger partial charge in [0.1, 0.15) is 10.7 Å². The predicted octanol–water partition coefficient (Wildman–Crippen LogP) is 4.49. The minimum atomic E-state index is -4.74. The second-order valence-electron chi connectivity index (χ2n) is 5.84. The molecular formula is C18H11ClF3NO5S2. The average molecular weight is 478 g/mol. The Hall–Kier alpha value is -2.63. The van der Waals surface area contributed by atoms with Gasteiger partial charge in [-0.05, 0) is 42.5 Å². The summed E-state index contributed by atoms with van der Waals surface area (Å²) in [6, 6.07) is 7.90. The first-order valence-electron chi connectivity index (χ1n) is 8.06. The summed E-state index contributed by atoms with van der Waals surface area (Å²) in [5.74, 6) is -5.69. The van der Waals surface area contributed by atoms with E-state index in [2.05, 4.69) is 5.32 Å². The lowest BCUT2D eigenvalue weighted by molar-refractivity contribution is -0.119. The fourth-order valence-electron chi connectivity index (χ4n) is 2.39. The Labute approximate surface area is 177 Å². The summed E-state index contributed by atoms with van der Waals surface area (Å²) >= 11 is 7.02. The molecule has 1 amide bonds. The maximum Gasteiger partial charge on any atom is 0.350 e. The van der Waals surface area contributed by atoms with Gasteiger partial charge < -0.3 is 10.1 Å². The molecule has 3 rings (SSSR count). The van der Waals surface area contributed by atoms with Gasteiger partial charge in [-0.3, -0.25) is 4.79 Å². The lowest BCUT2D eigenvalue weighted by Crippen LogP contribution is -2.20. The lowest BCUT2D eigenvalue weighted by Gasteiger charge is -2.07. The quantitative estimate of drug-likeness (QED) is 0.528. The number of rotatable bonds is 6. The minimum Gasteiger partial charge on any atom is -0.451 e. The van der Waals surface area contributed by atoms with Gasteiger partial charge in [-0.1, -0.05) is 11.6 Å². The molecule has 1 N–H and O–H groups in total. The van der Waals surface area contributed by atoms with Crippen LogP contribution in [0.1, 0.15) is 9.67 Å². The predicted molar refractivity (Wildman–Crippen MR) is 105 cm³/mol. The van der Waals surface area contributed by atoms with Crippen LogP contribution in [0.15, 0.2) is 47.4 Å². The largest absolute Gasteiger partial charge is 0.451 e. The molecule has 0 bridgehead atoms. The maximum absolute atomic E-state index is 13.3. The van der Waals surface area contributed by atoms with Crippen molar-refractivity contribution in [3.05, 3.63) is 58.2 Å². The summed E-state index contributed by atoms with van der Waals surface area (Å²) in [6.07, 6.45) is 0. The van der Waals surface area contributed by atoms with Crippen LogP contribution in [0.3, 0.4) is 0 Å². The molecule has 0 aliphatic heterocycles. The number of halogens is 4. The molecular weight excluding hydrogens is 467 g/mol. The molecule has 1 heterocycles. The molecule has 6 nitrogen and oxygen atoms in total. The summed E-state index contributed by atoms with van der Waals surface area (Å²) in [4.78, 5) is 23.5.